The average molecular weight is 608 g/mol. The van der Waals surface area contributed by atoms with Gasteiger partial charge in [-0.1, -0.05) is 88.6 Å². The van der Waals surface area contributed by atoms with E-state index >= 15 is 0 Å². The molecule has 3 rings (SSSR count). The van der Waals surface area contributed by atoms with Gasteiger partial charge in [0.05, 0.1) is 25.0 Å². The van der Waals surface area contributed by atoms with Gasteiger partial charge in [-0.2, -0.15) is 0 Å². The number of unbranched alkanes of at least 4 members (excludes halogenated alkanes) is 2. The van der Waals surface area contributed by atoms with Crippen molar-refractivity contribution in [1.29, 1.82) is 0 Å². The molecule has 236 valence electrons. The highest BCUT2D eigenvalue weighted by molar-refractivity contribution is 5.99. The fraction of sp³-hybridized carbons (Fsp3) is 0.412. The molecule has 44 heavy (non-hydrogen) atoms. The maximum absolute atomic E-state index is 14.1. The number of nitrogens with zero attached hydrogens (tertiary/aromatic N) is 1. The van der Waals surface area contributed by atoms with Gasteiger partial charge in [-0.3, -0.25) is 24.0 Å². The van der Waals surface area contributed by atoms with E-state index in [1.807, 2.05) is 44.2 Å². The van der Waals surface area contributed by atoms with Gasteiger partial charge in [0.25, 0.3) is 0 Å². The smallest absolute Gasteiger partial charge is 0.307 e. The summed E-state index contributed by atoms with van der Waals surface area (Å²) in [6, 6.07) is 13.3. The Labute approximate surface area is 258 Å². The molecule has 0 fully saturated rings. The third-order valence-corrected chi connectivity index (χ3v) is 7.86. The van der Waals surface area contributed by atoms with Crippen LogP contribution in [-0.2, 0) is 37.0 Å². The Morgan fingerprint density at radius 3 is 2.48 bits per heavy atom. The molecule has 0 aromatic heterocycles. The summed E-state index contributed by atoms with van der Waals surface area (Å²) in [4.78, 5) is 55.4. The van der Waals surface area contributed by atoms with Gasteiger partial charge in [-0.05, 0) is 47.2 Å². The molecule has 10 heteroatoms. The number of allylic oxidation sites excluding steroid dienone is 3. The highest BCUT2D eigenvalue weighted by atomic mass is 19.1. The molecule has 3 unspecified atom stereocenters. The molecule has 1 aliphatic carbocycles. The molecule has 0 bridgehead atoms. The van der Waals surface area contributed by atoms with Gasteiger partial charge in [-0.25, -0.2) is 9.45 Å². The average Bonchev–Trinajstić information content (AvgIpc) is 3.40. The van der Waals surface area contributed by atoms with E-state index in [-0.39, 0.29) is 36.6 Å². The Bertz CT molecular complexity index is 1360. The first-order valence-corrected chi connectivity index (χ1v) is 15.1. The van der Waals surface area contributed by atoms with E-state index < -0.39 is 30.2 Å². The summed E-state index contributed by atoms with van der Waals surface area (Å²) in [6.45, 7) is 5.90. The second-order valence-electron chi connectivity index (χ2n) is 10.9. The number of aliphatic carboxylic acids is 1. The normalized spacial score (nSPS) is 15.5. The molecule has 3 atom stereocenters. The lowest BCUT2D eigenvalue weighted by Gasteiger charge is -2.32. The minimum absolute atomic E-state index is 0.0706. The van der Waals surface area contributed by atoms with E-state index in [0.717, 1.165) is 30.4 Å². The Morgan fingerprint density at radius 2 is 1.82 bits per heavy atom. The largest absolute Gasteiger partial charge is 0.481 e. The quantitative estimate of drug-likeness (QED) is 0.0930. The van der Waals surface area contributed by atoms with Crippen LogP contribution in [0.3, 0.4) is 0 Å². The number of amides is 3. The molecule has 0 heterocycles. The SMILES string of the molecule is CCCCCC(C(=O)NCNC(=O)C1=CC=C(c2ccc(F)c(CC(=O)O)c2)C1C)C(CC)N(C=O)OCc1ccccc1. The lowest BCUT2D eigenvalue weighted by molar-refractivity contribution is -0.200. The molecule has 0 aliphatic heterocycles. The van der Waals surface area contributed by atoms with Crippen LogP contribution in [0.15, 0.2) is 66.3 Å². The Kier molecular flexibility index (Phi) is 13.3. The van der Waals surface area contributed by atoms with E-state index in [4.69, 9.17) is 9.94 Å². The molecule has 2 aromatic carbocycles. The number of carboxylic acids is 1. The van der Waals surface area contributed by atoms with Crippen LogP contribution >= 0.6 is 0 Å². The molecule has 9 nitrogen and oxygen atoms in total. The highest BCUT2D eigenvalue weighted by Gasteiger charge is 2.32. The van der Waals surface area contributed by atoms with Crippen molar-refractivity contribution < 1.29 is 33.5 Å². The third-order valence-electron chi connectivity index (χ3n) is 7.86. The number of nitrogens with one attached hydrogen (secondary N) is 2. The molecule has 3 N–H and O–H groups in total. The summed E-state index contributed by atoms with van der Waals surface area (Å²) >= 11 is 0. The summed E-state index contributed by atoms with van der Waals surface area (Å²) in [5.74, 6) is -3.25. The first kappa shape index (κ1) is 34.2. The van der Waals surface area contributed by atoms with Crippen LogP contribution in [0.25, 0.3) is 5.57 Å². The van der Waals surface area contributed by atoms with Crippen LogP contribution in [0.4, 0.5) is 4.39 Å². The molecular formula is C34H42FN3O6. The van der Waals surface area contributed by atoms with Crippen LogP contribution in [-0.4, -0.2) is 47.1 Å². The van der Waals surface area contributed by atoms with E-state index in [0.29, 0.717) is 30.4 Å². The Hall–Kier alpha value is -4.31. The lowest BCUT2D eigenvalue weighted by atomic mass is 9.90. The summed E-state index contributed by atoms with van der Waals surface area (Å²) < 4.78 is 14.1. The molecule has 0 saturated carbocycles. The van der Waals surface area contributed by atoms with Crippen molar-refractivity contribution in [2.45, 2.75) is 71.9 Å². The van der Waals surface area contributed by atoms with Gasteiger partial charge in [-0.15, -0.1) is 0 Å². The molecular weight excluding hydrogens is 565 g/mol. The Morgan fingerprint density at radius 1 is 1.07 bits per heavy atom. The van der Waals surface area contributed by atoms with Crippen LogP contribution in [0.1, 0.15) is 69.6 Å². The zero-order valence-corrected chi connectivity index (χ0v) is 25.6. The number of benzene rings is 2. The maximum atomic E-state index is 14.1. The number of carboxylic acid groups (broad SMARTS) is 1. The van der Waals surface area contributed by atoms with Gasteiger partial charge in [0.2, 0.25) is 18.2 Å². The number of halogens is 1. The fourth-order valence-electron chi connectivity index (χ4n) is 5.43. The summed E-state index contributed by atoms with van der Waals surface area (Å²) in [6.07, 6.45) is 7.38. The molecule has 3 amide bonds. The van der Waals surface area contributed by atoms with E-state index in [9.17, 15) is 23.6 Å². The van der Waals surface area contributed by atoms with Crippen molar-refractivity contribution in [2.24, 2.45) is 11.8 Å². The second kappa shape index (κ2) is 17.1. The highest BCUT2D eigenvalue weighted by Crippen LogP contribution is 2.35. The van der Waals surface area contributed by atoms with Crippen molar-refractivity contribution in [3.05, 3.63) is 88.8 Å². The Balaban J connectivity index is 1.60. The predicted molar refractivity (Wildman–Crippen MR) is 165 cm³/mol. The van der Waals surface area contributed by atoms with Gasteiger partial charge in [0.1, 0.15) is 12.4 Å². The van der Waals surface area contributed by atoms with Gasteiger partial charge in [0, 0.05) is 11.5 Å². The van der Waals surface area contributed by atoms with Crippen LogP contribution in [0, 0.1) is 17.7 Å². The van der Waals surface area contributed by atoms with E-state index in [2.05, 4.69) is 17.6 Å². The topological polar surface area (TPSA) is 125 Å². The summed E-state index contributed by atoms with van der Waals surface area (Å²) in [5.41, 5.74) is 2.83. The van der Waals surface area contributed by atoms with Crippen molar-refractivity contribution in [1.82, 2.24) is 15.7 Å². The second-order valence-corrected chi connectivity index (χ2v) is 10.9. The van der Waals surface area contributed by atoms with E-state index in [1.165, 1.54) is 17.2 Å². The first-order chi connectivity index (χ1) is 21.2. The number of carbonyl (C=O) groups excluding carboxylic acids is 3. The molecule has 1 aliphatic rings. The van der Waals surface area contributed by atoms with Crippen LogP contribution in [0.5, 0.6) is 0 Å². The van der Waals surface area contributed by atoms with Crippen LogP contribution in [0.2, 0.25) is 0 Å². The molecule has 0 spiro atoms. The minimum atomic E-state index is -1.13. The minimum Gasteiger partial charge on any atom is -0.481 e. The van der Waals surface area contributed by atoms with E-state index in [1.54, 1.807) is 18.2 Å². The zero-order chi connectivity index (χ0) is 32.1. The van der Waals surface area contributed by atoms with Crippen molar-refractivity contribution >= 4 is 29.8 Å². The van der Waals surface area contributed by atoms with Gasteiger partial charge in [0.15, 0.2) is 0 Å². The number of hydrogen-bond acceptors (Lipinski definition) is 5. The number of hydrogen-bond donors (Lipinski definition) is 3. The van der Waals surface area contributed by atoms with Gasteiger partial charge >= 0.3 is 5.97 Å². The summed E-state index contributed by atoms with van der Waals surface area (Å²) in [5, 5.41) is 15.9. The number of hydroxylamine groups is 2. The van der Waals surface area contributed by atoms with Crippen molar-refractivity contribution in [3.63, 3.8) is 0 Å². The third kappa shape index (κ3) is 9.34. The number of rotatable bonds is 18. The predicted octanol–water partition coefficient (Wildman–Crippen LogP) is 5.17. The molecule has 0 saturated heterocycles. The summed E-state index contributed by atoms with van der Waals surface area (Å²) in [7, 11) is 0. The standard InChI is InChI=1S/C34H42FN3O6/c1-4-6-8-13-29(31(5-2)38(22-39)44-20-24-11-9-7-10-12-24)34(43)37-21-36-33(42)28-16-15-27(23(28)3)25-14-17-30(35)26(18-25)19-32(40)41/h7,9-12,14-18,22-23,29,31H,4-6,8,13,19-21H2,1-3H3,(H,36,42)(H,37,43)(H,40,41). The molecule has 2 aromatic rings. The van der Waals surface area contributed by atoms with Crippen LogP contribution < -0.4 is 10.6 Å². The van der Waals surface area contributed by atoms with Crippen molar-refractivity contribution in [3.8, 4) is 0 Å². The first-order valence-electron chi connectivity index (χ1n) is 15.1. The molecule has 0 radical (unpaired) electrons. The number of carbonyl (C=O) groups is 4. The maximum Gasteiger partial charge on any atom is 0.307 e. The fourth-order valence-corrected chi connectivity index (χ4v) is 5.43. The monoisotopic (exact) mass is 607 g/mol. The van der Waals surface area contributed by atoms with Gasteiger partial charge < -0.3 is 15.7 Å². The van der Waals surface area contributed by atoms with Crippen molar-refractivity contribution in [2.75, 3.05) is 6.67 Å². The zero-order valence-electron chi connectivity index (χ0n) is 25.6. The lowest BCUT2D eigenvalue weighted by Crippen LogP contribution is -2.48.